The van der Waals surface area contributed by atoms with E-state index in [4.69, 9.17) is 0 Å². The van der Waals surface area contributed by atoms with Crippen LogP contribution in [-0.4, -0.2) is 22.6 Å². The second kappa shape index (κ2) is 7.19. The van der Waals surface area contributed by atoms with Crippen molar-refractivity contribution in [1.29, 1.82) is 0 Å². The first-order chi connectivity index (χ1) is 8.56. The molecule has 0 amide bonds. The average Bonchev–Trinajstić information content (AvgIpc) is 2.34. The molecule has 0 aliphatic carbocycles. The number of rotatable bonds is 7. The third-order valence-electron chi connectivity index (χ3n) is 3.26. The lowest BCUT2D eigenvalue weighted by atomic mass is 10.0. The molecule has 1 heterocycles. The van der Waals surface area contributed by atoms with Crippen LogP contribution in [0.3, 0.4) is 0 Å². The molecule has 0 fully saturated rings. The van der Waals surface area contributed by atoms with Crippen molar-refractivity contribution in [3.05, 3.63) is 11.8 Å². The van der Waals surface area contributed by atoms with Gasteiger partial charge in [0.05, 0.1) is 0 Å². The smallest absolute Gasteiger partial charge is 0.224 e. The lowest BCUT2D eigenvalue weighted by Gasteiger charge is -2.21. The normalized spacial score (nSPS) is 14.1. The van der Waals surface area contributed by atoms with Crippen LogP contribution in [0.5, 0.6) is 0 Å². The molecule has 4 nitrogen and oxygen atoms in total. The monoisotopic (exact) mass is 250 g/mol. The maximum Gasteiger partial charge on any atom is 0.224 e. The third-order valence-corrected chi connectivity index (χ3v) is 3.26. The van der Waals surface area contributed by atoms with Gasteiger partial charge in [-0.1, -0.05) is 27.2 Å². The summed E-state index contributed by atoms with van der Waals surface area (Å²) in [6.45, 7) is 11.7. The lowest BCUT2D eigenvalue weighted by molar-refractivity contribution is 0.493. The van der Waals surface area contributed by atoms with Crippen molar-refractivity contribution in [2.24, 2.45) is 5.92 Å². The summed E-state index contributed by atoms with van der Waals surface area (Å²) in [5.74, 6) is 2.26. The topological polar surface area (TPSA) is 49.8 Å². The van der Waals surface area contributed by atoms with Crippen LogP contribution < -0.4 is 10.6 Å². The maximum absolute atomic E-state index is 4.49. The SMILES string of the molecule is CCCNc1nc(C)cc(NC(C)C(C)CC)n1. The zero-order valence-corrected chi connectivity index (χ0v) is 12.2. The zero-order chi connectivity index (χ0) is 13.5. The van der Waals surface area contributed by atoms with Gasteiger partial charge in [-0.25, -0.2) is 4.98 Å². The molecule has 0 bridgehead atoms. The van der Waals surface area contributed by atoms with Crippen LogP contribution in [-0.2, 0) is 0 Å². The second-order valence-electron chi connectivity index (χ2n) is 4.96. The highest BCUT2D eigenvalue weighted by Gasteiger charge is 2.11. The van der Waals surface area contributed by atoms with E-state index in [1.807, 2.05) is 13.0 Å². The molecule has 1 rings (SSSR count). The summed E-state index contributed by atoms with van der Waals surface area (Å²) >= 11 is 0. The van der Waals surface area contributed by atoms with E-state index < -0.39 is 0 Å². The highest BCUT2D eigenvalue weighted by atomic mass is 15.1. The number of aromatic nitrogens is 2. The van der Waals surface area contributed by atoms with E-state index in [1.54, 1.807) is 0 Å². The van der Waals surface area contributed by atoms with Gasteiger partial charge in [-0.3, -0.25) is 0 Å². The van der Waals surface area contributed by atoms with Crippen LogP contribution in [0.15, 0.2) is 6.07 Å². The van der Waals surface area contributed by atoms with Crippen LogP contribution >= 0.6 is 0 Å². The van der Waals surface area contributed by atoms with E-state index in [1.165, 1.54) is 6.42 Å². The second-order valence-corrected chi connectivity index (χ2v) is 4.96. The van der Waals surface area contributed by atoms with Crippen LogP contribution in [0.2, 0.25) is 0 Å². The van der Waals surface area contributed by atoms with Gasteiger partial charge < -0.3 is 10.6 Å². The van der Waals surface area contributed by atoms with Crippen molar-refractivity contribution < 1.29 is 0 Å². The Kier molecular flexibility index (Phi) is 5.89. The largest absolute Gasteiger partial charge is 0.367 e. The van der Waals surface area contributed by atoms with Crippen molar-refractivity contribution >= 4 is 11.8 Å². The Bertz CT molecular complexity index is 365. The van der Waals surface area contributed by atoms with Gasteiger partial charge in [0.2, 0.25) is 5.95 Å². The highest BCUT2D eigenvalue weighted by Crippen LogP contribution is 2.15. The summed E-state index contributed by atoms with van der Waals surface area (Å²) < 4.78 is 0. The molecule has 102 valence electrons. The summed E-state index contributed by atoms with van der Waals surface area (Å²) in [5, 5.41) is 6.69. The molecule has 0 spiro atoms. The van der Waals surface area contributed by atoms with Gasteiger partial charge in [-0.15, -0.1) is 0 Å². The molecule has 2 atom stereocenters. The van der Waals surface area contributed by atoms with Crippen molar-refractivity contribution in [1.82, 2.24) is 9.97 Å². The van der Waals surface area contributed by atoms with E-state index in [2.05, 4.69) is 48.3 Å². The first-order valence-corrected chi connectivity index (χ1v) is 6.92. The number of nitrogens with one attached hydrogen (secondary N) is 2. The molecule has 0 aromatic carbocycles. The molecule has 0 radical (unpaired) electrons. The molecular formula is C14H26N4. The minimum Gasteiger partial charge on any atom is -0.367 e. The molecular weight excluding hydrogens is 224 g/mol. The Hall–Kier alpha value is -1.32. The average molecular weight is 250 g/mol. The van der Waals surface area contributed by atoms with Gasteiger partial charge in [-0.2, -0.15) is 4.98 Å². The molecule has 18 heavy (non-hydrogen) atoms. The number of nitrogens with zero attached hydrogens (tertiary/aromatic N) is 2. The van der Waals surface area contributed by atoms with Crippen molar-refractivity contribution in [3.63, 3.8) is 0 Å². The van der Waals surface area contributed by atoms with Gasteiger partial charge in [0.25, 0.3) is 0 Å². The zero-order valence-electron chi connectivity index (χ0n) is 12.2. The minimum absolute atomic E-state index is 0.420. The van der Waals surface area contributed by atoms with E-state index in [-0.39, 0.29) is 0 Å². The van der Waals surface area contributed by atoms with Crippen molar-refractivity contribution in [2.75, 3.05) is 17.2 Å². The number of hydrogen-bond acceptors (Lipinski definition) is 4. The molecule has 0 saturated heterocycles. The maximum atomic E-state index is 4.49. The van der Waals surface area contributed by atoms with Gasteiger partial charge in [0.1, 0.15) is 5.82 Å². The molecule has 2 N–H and O–H groups in total. The predicted molar refractivity (Wildman–Crippen MR) is 78.1 cm³/mol. The molecule has 4 heteroatoms. The Labute approximate surface area is 111 Å². The molecule has 0 saturated carbocycles. The third kappa shape index (κ3) is 4.51. The molecule has 1 aromatic rings. The molecule has 0 aliphatic rings. The highest BCUT2D eigenvalue weighted by molar-refractivity contribution is 5.42. The predicted octanol–water partition coefficient (Wildman–Crippen LogP) is 3.45. The van der Waals surface area contributed by atoms with Crippen molar-refractivity contribution in [3.8, 4) is 0 Å². The number of hydrogen-bond donors (Lipinski definition) is 2. The van der Waals surface area contributed by atoms with E-state index in [0.29, 0.717) is 12.0 Å². The Morgan fingerprint density at radius 2 is 1.94 bits per heavy atom. The fourth-order valence-corrected chi connectivity index (χ4v) is 1.69. The van der Waals surface area contributed by atoms with Gasteiger partial charge in [-0.05, 0) is 26.2 Å². The quantitative estimate of drug-likeness (QED) is 0.778. The summed E-state index contributed by atoms with van der Waals surface area (Å²) in [6.07, 6.45) is 2.24. The number of anilines is 2. The molecule has 2 unspecified atom stereocenters. The Morgan fingerprint density at radius 3 is 2.56 bits per heavy atom. The van der Waals surface area contributed by atoms with Gasteiger partial charge >= 0.3 is 0 Å². The van der Waals surface area contributed by atoms with Gasteiger partial charge in [0.15, 0.2) is 0 Å². The summed E-state index contributed by atoms with van der Waals surface area (Å²) in [7, 11) is 0. The number of aryl methyl sites for hydroxylation is 1. The van der Waals surface area contributed by atoms with Gasteiger partial charge in [0, 0.05) is 24.3 Å². The van der Waals surface area contributed by atoms with Crippen LogP contribution in [0.25, 0.3) is 0 Å². The van der Waals surface area contributed by atoms with Crippen LogP contribution in [0.4, 0.5) is 11.8 Å². The first-order valence-electron chi connectivity index (χ1n) is 6.92. The van der Waals surface area contributed by atoms with E-state index in [0.717, 1.165) is 30.4 Å². The Morgan fingerprint density at radius 1 is 1.22 bits per heavy atom. The van der Waals surface area contributed by atoms with Crippen LogP contribution in [0.1, 0.15) is 46.2 Å². The first kappa shape index (κ1) is 14.7. The fourth-order valence-electron chi connectivity index (χ4n) is 1.69. The summed E-state index contributed by atoms with van der Waals surface area (Å²) in [4.78, 5) is 8.88. The fraction of sp³-hybridized carbons (Fsp3) is 0.714. The minimum atomic E-state index is 0.420. The van der Waals surface area contributed by atoms with E-state index in [9.17, 15) is 0 Å². The lowest BCUT2D eigenvalue weighted by Crippen LogP contribution is -2.24. The molecule has 1 aromatic heterocycles. The summed E-state index contributed by atoms with van der Waals surface area (Å²) in [5.41, 5.74) is 0.988. The van der Waals surface area contributed by atoms with Crippen molar-refractivity contribution in [2.45, 2.75) is 53.5 Å². The standard InChI is InChI=1S/C14H26N4/c1-6-8-15-14-16-11(4)9-13(18-14)17-12(5)10(3)7-2/h9-10,12H,6-8H2,1-5H3,(H2,15,16,17,18). The molecule has 0 aliphatic heterocycles. The Balaban J connectivity index is 2.73. The van der Waals surface area contributed by atoms with Crippen LogP contribution in [0, 0.1) is 12.8 Å². The summed E-state index contributed by atoms with van der Waals surface area (Å²) in [6, 6.07) is 2.42. The van der Waals surface area contributed by atoms with E-state index >= 15 is 0 Å².